The number of benzene rings is 1. The normalized spacial score (nSPS) is 14.1. The molecular weight excluding hydrogens is 296 g/mol. The third-order valence-corrected chi connectivity index (χ3v) is 4.62. The van der Waals surface area contributed by atoms with Crippen molar-refractivity contribution in [3.8, 4) is 5.88 Å². The van der Waals surface area contributed by atoms with Crippen LogP contribution >= 0.6 is 11.8 Å². The van der Waals surface area contributed by atoms with Gasteiger partial charge in [0.25, 0.3) is 5.91 Å². The number of anilines is 1. The van der Waals surface area contributed by atoms with Crippen LogP contribution in [0.1, 0.15) is 23.7 Å². The fourth-order valence-electron chi connectivity index (χ4n) is 2.49. The number of nitrogens with zero attached hydrogens (tertiary/aromatic N) is 2. The van der Waals surface area contributed by atoms with Crippen LogP contribution in [0.2, 0.25) is 0 Å². The summed E-state index contributed by atoms with van der Waals surface area (Å²) in [4.78, 5) is 20.2. The van der Waals surface area contributed by atoms with Crippen LogP contribution in [0.4, 0.5) is 5.69 Å². The molecule has 2 heterocycles. The molecule has 0 fully saturated rings. The molecular formula is C17H18N2O2S. The summed E-state index contributed by atoms with van der Waals surface area (Å²) in [5.74, 6) is 1.38. The second-order valence-corrected chi connectivity index (χ2v) is 6.05. The summed E-state index contributed by atoms with van der Waals surface area (Å²) in [6, 6.07) is 11.6. The van der Waals surface area contributed by atoms with Gasteiger partial charge in [-0.15, -0.1) is 11.8 Å². The van der Waals surface area contributed by atoms with Crippen LogP contribution < -0.4 is 9.64 Å². The molecule has 3 rings (SSSR count). The number of hydrogen-bond acceptors (Lipinski definition) is 4. The van der Waals surface area contributed by atoms with E-state index in [9.17, 15) is 4.79 Å². The summed E-state index contributed by atoms with van der Waals surface area (Å²) < 4.78 is 5.50. The Morgan fingerprint density at radius 2 is 2.18 bits per heavy atom. The average molecular weight is 314 g/mol. The lowest BCUT2D eigenvalue weighted by molar-refractivity contribution is 0.0982. The summed E-state index contributed by atoms with van der Waals surface area (Å²) in [6.07, 6.45) is 2.61. The van der Waals surface area contributed by atoms with Gasteiger partial charge in [-0.3, -0.25) is 4.79 Å². The fourth-order valence-corrected chi connectivity index (χ4v) is 3.48. The van der Waals surface area contributed by atoms with Crippen LogP contribution in [0.25, 0.3) is 0 Å². The number of aromatic nitrogens is 1. The summed E-state index contributed by atoms with van der Waals surface area (Å²) in [5.41, 5.74) is 1.49. The molecule has 114 valence electrons. The highest BCUT2D eigenvalue weighted by Crippen LogP contribution is 2.34. The first-order valence-electron chi connectivity index (χ1n) is 7.42. The predicted octanol–water partition coefficient (Wildman–Crippen LogP) is 3.62. The zero-order valence-electron chi connectivity index (χ0n) is 12.5. The quantitative estimate of drug-likeness (QED) is 0.868. The summed E-state index contributed by atoms with van der Waals surface area (Å²) in [7, 11) is 0. The molecule has 0 saturated carbocycles. The van der Waals surface area contributed by atoms with Gasteiger partial charge in [-0.2, -0.15) is 0 Å². The van der Waals surface area contributed by atoms with E-state index < -0.39 is 0 Å². The number of fused-ring (bicyclic) bond motifs is 1. The highest BCUT2D eigenvalue weighted by atomic mass is 32.2. The van der Waals surface area contributed by atoms with E-state index in [0.29, 0.717) is 24.6 Å². The summed E-state index contributed by atoms with van der Waals surface area (Å²) in [6.45, 7) is 3.09. The van der Waals surface area contributed by atoms with Gasteiger partial charge in [0.2, 0.25) is 5.88 Å². The zero-order valence-corrected chi connectivity index (χ0v) is 13.3. The van der Waals surface area contributed by atoms with Crippen molar-refractivity contribution in [3.63, 3.8) is 0 Å². The first-order valence-corrected chi connectivity index (χ1v) is 8.41. The average Bonchev–Trinajstić information content (AvgIpc) is 2.77. The lowest BCUT2D eigenvalue weighted by atomic mass is 10.2. The van der Waals surface area contributed by atoms with Crippen LogP contribution in [0, 0.1) is 0 Å². The Balaban J connectivity index is 1.99. The molecule has 0 saturated heterocycles. The molecule has 1 aliphatic heterocycles. The molecule has 0 bridgehead atoms. The standard InChI is InChI=1S/C17H18N2O2S/c1-2-21-16-13(7-5-10-18-16)17(20)19-11-6-12-22-15-9-4-3-8-14(15)19/h3-5,7-10H,2,6,11-12H2,1H3. The minimum Gasteiger partial charge on any atom is -0.477 e. The first-order chi connectivity index (χ1) is 10.8. The van der Waals surface area contributed by atoms with Gasteiger partial charge in [0.1, 0.15) is 5.56 Å². The van der Waals surface area contributed by atoms with Crippen molar-refractivity contribution in [1.29, 1.82) is 0 Å². The molecule has 1 amide bonds. The molecule has 5 heteroatoms. The van der Waals surface area contributed by atoms with Crippen LogP contribution in [0.5, 0.6) is 5.88 Å². The smallest absolute Gasteiger partial charge is 0.263 e. The number of hydrogen-bond donors (Lipinski definition) is 0. The van der Waals surface area contributed by atoms with E-state index in [0.717, 1.165) is 22.8 Å². The Bertz CT molecular complexity index is 675. The number of amides is 1. The summed E-state index contributed by atoms with van der Waals surface area (Å²) in [5, 5.41) is 0. The Kier molecular flexibility index (Phi) is 4.63. The molecule has 1 aliphatic rings. The van der Waals surface area contributed by atoms with Crippen molar-refractivity contribution < 1.29 is 9.53 Å². The number of thioether (sulfide) groups is 1. The van der Waals surface area contributed by atoms with Gasteiger partial charge < -0.3 is 9.64 Å². The maximum atomic E-state index is 13.0. The number of ether oxygens (including phenoxy) is 1. The first kappa shape index (κ1) is 14.9. The highest BCUT2D eigenvalue weighted by molar-refractivity contribution is 7.99. The summed E-state index contributed by atoms with van der Waals surface area (Å²) >= 11 is 1.80. The van der Waals surface area contributed by atoms with Crippen molar-refractivity contribution >= 4 is 23.4 Å². The number of para-hydroxylation sites is 1. The van der Waals surface area contributed by atoms with Crippen molar-refractivity contribution in [3.05, 3.63) is 48.2 Å². The topological polar surface area (TPSA) is 42.4 Å². The van der Waals surface area contributed by atoms with Crippen molar-refractivity contribution in [2.24, 2.45) is 0 Å². The van der Waals surface area contributed by atoms with E-state index in [2.05, 4.69) is 11.1 Å². The molecule has 0 aliphatic carbocycles. The van der Waals surface area contributed by atoms with Gasteiger partial charge in [-0.1, -0.05) is 12.1 Å². The van der Waals surface area contributed by atoms with Gasteiger partial charge in [0, 0.05) is 17.6 Å². The maximum absolute atomic E-state index is 13.0. The lowest BCUT2D eigenvalue weighted by Crippen LogP contribution is -2.32. The van der Waals surface area contributed by atoms with E-state index in [1.807, 2.05) is 30.0 Å². The Morgan fingerprint density at radius 1 is 1.32 bits per heavy atom. The number of carbonyl (C=O) groups excluding carboxylic acids is 1. The second kappa shape index (κ2) is 6.83. The zero-order chi connectivity index (χ0) is 15.4. The third-order valence-electron chi connectivity index (χ3n) is 3.47. The van der Waals surface area contributed by atoms with E-state index in [1.165, 1.54) is 0 Å². The molecule has 0 unspecified atom stereocenters. The van der Waals surface area contributed by atoms with Gasteiger partial charge >= 0.3 is 0 Å². The van der Waals surface area contributed by atoms with Crippen molar-refractivity contribution in [2.45, 2.75) is 18.2 Å². The highest BCUT2D eigenvalue weighted by Gasteiger charge is 2.25. The van der Waals surface area contributed by atoms with Gasteiger partial charge in [-0.25, -0.2) is 4.98 Å². The molecule has 0 spiro atoms. The maximum Gasteiger partial charge on any atom is 0.263 e. The number of carbonyl (C=O) groups is 1. The van der Waals surface area contributed by atoms with Crippen LogP contribution in [-0.4, -0.2) is 29.8 Å². The van der Waals surface area contributed by atoms with Gasteiger partial charge in [0.05, 0.1) is 12.3 Å². The third kappa shape index (κ3) is 2.95. The number of rotatable bonds is 3. The van der Waals surface area contributed by atoms with Crippen molar-refractivity contribution in [1.82, 2.24) is 4.98 Å². The van der Waals surface area contributed by atoms with Crippen LogP contribution in [0.3, 0.4) is 0 Å². The Hall–Kier alpha value is -2.01. The second-order valence-electron chi connectivity index (χ2n) is 4.92. The lowest BCUT2D eigenvalue weighted by Gasteiger charge is -2.23. The fraction of sp³-hybridized carbons (Fsp3) is 0.294. The van der Waals surface area contributed by atoms with E-state index >= 15 is 0 Å². The molecule has 0 atom stereocenters. The molecule has 4 nitrogen and oxygen atoms in total. The van der Waals surface area contributed by atoms with Crippen LogP contribution in [-0.2, 0) is 0 Å². The van der Waals surface area contributed by atoms with Gasteiger partial charge in [0.15, 0.2) is 0 Å². The Morgan fingerprint density at radius 3 is 3.05 bits per heavy atom. The molecule has 2 aromatic rings. The predicted molar refractivity (Wildman–Crippen MR) is 88.9 cm³/mol. The molecule has 0 radical (unpaired) electrons. The van der Waals surface area contributed by atoms with E-state index in [1.54, 1.807) is 30.1 Å². The van der Waals surface area contributed by atoms with Crippen LogP contribution in [0.15, 0.2) is 47.5 Å². The monoisotopic (exact) mass is 314 g/mol. The van der Waals surface area contributed by atoms with E-state index in [-0.39, 0.29) is 5.91 Å². The molecule has 22 heavy (non-hydrogen) atoms. The molecule has 0 N–H and O–H groups in total. The largest absolute Gasteiger partial charge is 0.477 e. The SMILES string of the molecule is CCOc1ncccc1C(=O)N1CCCSc2ccccc21. The Labute approximate surface area is 134 Å². The molecule has 1 aromatic carbocycles. The van der Waals surface area contributed by atoms with Crippen molar-refractivity contribution in [2.75, 3.05) is 23.8 Å². The van der Waals surface area contributed by atoms with E-state index in [4.69, 9.17) is 4.74 Å². The number of pyridine rings is 1. The minimum absolute atomic E-state index is 0.0495. The molecule has 1 aromatic heterocycles. The van der Waals surface area contributed by atoms with Gasteiger partial charge in [-0.05, 0) is 43.4 Å². The minimum atomic E-state index is -0.0495.